The van der Waals surface area contributed by atoms with Crippen molar-refractivity contribution < 1.29 is 19.1 Å². The van der Waals surface area contributed by atoms with Gasteiger partial charge in [0.2, 0.25) is 0 Å². The Morgan fingerprint density at radius 2 is 1.85 bits per heavy atom. The Balaban J connectivity index is 2.36. The summed E-state index contributed by atoms with van der Waals surface area (Å²) in [4.78, 5) is 32.8. The molecule has 0 atom stereocenters. The van der Waals surface area contributed by atoms with Crippen LogP contribution in [0.3, 0.4) is 0 Å². The number of anilines is 1. The van der Waals surface area contributed by atoms with Crippen LogP contribution in [0.1, 0.15) is 0 Å². The molecule has 0 unspecified atom stereocenters. The Morgan fingerprint density at radius 3 is 2.45 bits per heavy atom. The first kappa shape index (κ1) is 14.2. The molecule has 8 heteroatoms. The van der Waals surface area contributed by atoms with E-state index < -0.39 is 11.9 Å². The van der Waals surface area contributed by atoms with Gasteiger partial charge in [0, 0.05) is 0 Å². The number of hydrogen-bond acceptors (Lipinski definition) is 8. The van der Waals surface area contributed by atoms with Crippen LogP contribution in [-0.4, -0.2) is 49.2 Å². The van der Waals surface area contributed by atoms with Crippen LogP contribution < -0.4 is 4.90 Å². The van der Waals surface area contributed by atoms with Crippen molar-refractivity contribution in [2.24, 2.45) is 0 Å². The van der Waals surface area contributed by atoms with Gasteiger partial charge in [-0.1, -0.05) is 0 Å². The molecule has 2 rings (SSSR count). The molecule has 0 spiro atoms. The molecule has 0 bridgehead atoms. The van der Waals surface area contributed by atoms with Gasteiger partial charge in [0.05, 0.1) is 24.4 Å². The first-order valence-corrected chi connectivity index (χ1v) is 6.60. The zero-order chi connectivity index (χ0) is 14.5. The topological polar surface area (TPSA) is 81.6 Å². The number of nitrogens with zero attached hydrogens (tertiary/aromatic N) is 3. The van der Waals surface area contributed by atoms with Crippen LogP contribution in [0.15, 0.2) is 17.8 Å². The molecule has 0 aromatic carbocycles. The number of aromatic nitrogens is 2. The summed E-state index contributed by atoms with van der Waals surface area (Å²) in [6.07, 6.45) is 1.39. The Hall–Kier alpha value is -2.22. The summed E-state index contributed by atoms with van der Waals surface area (Å²) >= 11 is 1.44. The molecular formula is C12H13N3O4S. The Bertz CT molecular complexity index is 610. The van der Waals surface area contributed by atoms with Gasteiger partial charge in [-0.25, -0.2) is 9.97 Å². The van der Waals surface area contributed by atoms with E-state index in [1.54, 1.807) is 0 Å². The second-order valence-electron chi connectivity index (χ2n) is 3.84. The van der Waals surface area contributed by atoms with E-state index in [4.69, 9.17) is 0 Å². The average molecular weight is 295 g/mol. The van der Waals surface area contributed by atoms with Crippen molar-refractivity contribution in [3.05, 3.63) is 17.8 Å². The van der Waals surface area contributed by atoms with Crippen LogP contribution in [0.2, 0.25) is 0 Å². The molecule has 0 amide bonds. The summed E-state index contributed by atoms with van der Waals surface area (Å²) in [6.45, 7) is -0.175. The molecule has 20 heavy (non-hydrogen) atoms. The largest absolute Gasteiger partial charge is 0.468 e. The van der Waals surface area contributed by atoms with Crippen LogP contribution in [-0.2, 0) is 19.1 Å². The van der Waals surface area contributed by atoms with E-state index in [9.17, 15) is 9.59 Å². The van der Waals surface area contributed by atoms with Gasteiger partial charge in [-0.15, -0.1) is 11.3 Å². The maximum atomic E-state index is 11.5. The van der Waals surface area contributed by atoms with Crippen molar-refractivity contribution in [1.29, 1.82) is 0 Å². The van der Waals surface area contributed by atoms with E-state index in [2.05, 4.69) is 19.4 Å². The van der Waals surface area contributed by atoms with Crippen molar-refractivity contribution in [2.45, 2.75) is 0 Å². The summed E-state index contributed by atoms with van der Waals surface area (Å²) in [5.41, 5.74) is 0.764. The summed E-state index contributed by atoms with van der Waals surface area (Å²) in [5.74, 6) is -0.407. The second-order valence-corrected chi connectivity index (χ2v) is 4.76. The first-order valence-electron chi connectivity index (χ1n) is 5.72. The number of carbonyl (C=O) groups is 2. The lowest BCUT2D eigenvalue weighted by Gasteiger charge is -2.21. The molecule has 2 heterocycles. The van der Waals surface area contributed by atoms with E-state index >= 15 is 0 Å². The lowest BCUT2D eigenvalue weighted by atomic mass is 10.4. The number of thiophene rings is 1. The highest BCUT2D eigenvalue weighted by molar-refractivity contribution is 7.17. The molecule has 2 aromatic heterocycles. The second kappa shape index (κ2) is 6.29. The molecule has 0 aliphatic rings. The van der Waals surface area contributed by atoms with Gasteiger partial charge in [0.1, 0.15) is 19.4 Å². The van der Waals surface area contributed by atoms with Crippen molar-refractivity contribution in [3.63, 3.8) is 0 Å². The molecule has 0 N–H and O–H groups in total. The number of hydrogen-bond donors (Lipinski definition) is 0. The lowest BCUT2D eigenvalue weighted by molar-refractivity contribution is -0.140. The van der Waals surface area contributed by atoms with Crippen molar-refractivity contribution in [1.82, 2.24) is 9.97 Å². The maximum Gasteiger partial charge on any atom is 0.325 e. The lowest BCUT2D eigenvalue weighted by Crippen LogP contribution is -2.36. The van der Waals surface area contributed by atoms with E-state index in [-0.39, 0.29) is 13.1 Å². The van der Waals surface area contributed by atoms with Crippen LogP contribution in [0.5, 0.6) is 0 Å². The molecular weight excluding hydrogens is 282 g/mol. The van der Waals surface area contributed by atoms with E-state index in [0.717, 1.165) is 10.2 Å². The normalized spacial score (nSPS) is 10.3. The third kappa shape index (κ3) is 3.02. The van der Waals surface area contributed by atoms with E-state index in [1.807, 2.05) is 11.4 Å². The van der Waals surface area contributed by atoms with Crippen molar-refractivity contribution in [2.75, 3.05) is 32.2 Å². The van der Waals surface area contributed by atoms with Crippen molar-refractivity contribution >= 4 is 39.3 Å². The highest BCUT2D eigenvalue weighted by atomic mass is 32.1. The van der Waals surface area contributed by atoms with Gasteiger partial charge in [0.15, 0.2) is 5.82 Å². The minimum absolute atomic E-state index is 0.0877. The fraction of sp³-hybridized carbons (Fsp3) is 0.333. The average Bonchev–Trinajstić information content (AvgIpc) is 2.94. The van der Waals surface area contributed by atoms with Gasteiger partial charge in [-0.2, -0.15) is 0 Å². The maximum absolute atomic E-state index is 11.5. The molecule has 0 saturated heterocycles. The van der Waals surface area contributed by atoms with Gasteiger partial charge < -0.3 is 14.4 Å². The fourth-order valence-electron chi connectivity index (χ4n) is 1.65. The SMILES string of the molecule is COC(=O)CN(CC(=O)OC)c1ncnc2ccsc12. The minimum atomic E-state index is -0.461. The monoisotopic (exact) mass is 295 g/mol. The highest BCUT2D eigenvalue weighted by Crippen LogP contribution is 2.27. The summed E-state index contributed by atoms with van der Waals surface area (Å²) in [6, 6.07) is 1.85. The number of fused-ring (bicyclic) bond motifs is 1. The Kier molecular flexibility index (Phi) is 4.46. The van der Waals surface area contributed by atoms with Crippen LogP contribution in [0.25, 0.3) is 10.2 Å². The van der Waals surface area contributed by atoms with Gasteiger partial charge in [-0.3, -0.25) is 9.59 Å². The van der Waals surface area contributed by atoms with E-state index in [0.29, 0.717) is 5.82 Å². The van der Waals surface area contributed by atoms with Gasteiger partial charge in [-0.05, 0) is 11.4 Å². The first-order chi connectivity index (χ1) is 9.65. The predicted molar refractivity (Wildman–Crippen MR) is 73.7 cm³/mol. The third-order valence-electron chi connectivity index (χ3n) is 2.62. The predicted octanol–water partition coefficient (Wildman–Crippen LogP) is 0.844. The molecule has 106 valence electrons. The number of rotatable bonds is 5. The molecule has 0 saturated carbocycles. The number of methoxy groups -OCH3 is 2. The molecule has 0 aliphatic heterocycles. The number of esters is 2. The number of ether oxygens (including phenoxy) is 2. The van der Waals surface area contributed by atoms with E-state index in [1.165, 1.54) is 36.8 Å². The molecule has 0 aliphatic carbocycles. The fourth-order valence-corrected chi connectivity index (χ4v) is 2.51. The molecule has 2 aromatic rings. The summed E-state index contributed by atoms with van der Waals surface area (Å²) in [7, 11) is 2.58. The zero-order valence-corrected chi connectivity index (χ0v) is 11.8. The molecule has 0 fully saturated rings. The van der Waals surface area contributed by atoms with Crippen molar-refractivity contribution in [3.8, 4) is 0 Å². The zero-order valence-electron chi connectivity index (χ0n) is 11.0. The molecule has 7 nitrogen and oxygen atoms in total. The standard InChI is InChI=1S/C12H13N3O4S/c1-18-9(16)5-15(6-10(17)19-2)12-11-8(3-4-20-11)13-7-14-12/h3-4,7H,5-6H2,1-2H3. The smallest absolute Gasteiger partial charge is 0.325 e. The summed E-state index contributed by atoms with van der Waals surface area (Å²) in [5, 5.41) is 1.87. The van der Waals surface area contributed by atoms with Crippen LogP contribution in [0, 0.1) is 0 Å². The quantitative estimate of drug-likeness (QED) is 0.756. The Labute approximate surface area is 119 Å². The van der Waals surface area contributed by atoms with Crippen LogP contribution in [0.4, 0.5) is 5.82 Å². The summed E-state index contributed by atoms with van der Waals surface area (Å²) < 4.78 is 10.1. The van der Waals surface area contributed by atoms with Gasteiger partial charge >= 0.3 is 11.9 Å². The van der Waals surface area contributed by atoms with Crippen LogP contribution >= 0.6 is 11.3 Å². The minimum Gasteiger partial charge on any atom is -0.468 e. The van der Waals surface area contributed by atoms with Gasteiger partial charge in [0.25, 0.3) is 0 Å². The highest BCUT2D eigenvalue weighted by Gasteiger charge is 2.20. The third-order valence-corrected chi connectivity index (χ3v) is 3.52. The number of carbonyl (C=O) groups excluding carboxylic acids is 2. The molecule has 0 radical (unpaired) electrons. The Morgan fingerprint density at radius 1 is 1.20 bits per heavy atom.